The normalized spacial score (nSPS) is 16.6. The molecular weight excluding hydrogens is 384 g/mol. The van der Waals surface area contributed by atoms with Crippen LogP contribution in [-0.2, 0) is 9.53 Å². The smallest absolute Gasteiger partial charge is 0.262 e. The number of halogens is 2. The van der Waals surface area contributed by atoms with E-state index in [-0.39, 0.29) is 11.6 Å². The van der Waals surface area contributed by atoms with E-state index < -0.39 is 17.2 Å². The molecule has 2 rings (SSSR count). The summed E-state index contributed by atoms with van der Waals surface area (Å²) in [6.45, 7) is 1.31. The number of nitrogens with one attached hydrogen (secondary N) is 2. The molecule has 5 nitrogen and oxygen atoms in total. The number of amides is 1. The van der Waals surface area contributed by atoms with Crippen molar-refractivity contribution in [3.63, 3.8) is 0 Å². The lowest BCUT2D eigenvalue weighted by Crippen LogP contribution is -2.45. The van der Waals surface area contributed by atoms with Crippen LogP contribution in [0.3, 0.4) is 0 Å². The molecule has 0 spiro atoms. The van der Waals surface area contributed by atoms with Crippen LogP contribution in [0.1, 0.15) is 44.9 Å². The van der Waals surface area contributed by atoms with Gasteiger partial charge in [0.25, 0.3) is 5.91 Å². The predicted octanol–water partition coefficient (Wildman–Crippen LogP) is 4.19. The Morgan fingerprint density at radius 2 is 1.79 bits per heavy atom. The van der Waals surface area contributed by atoms with Crippen LogP contribution in [0, 0.1) is 11.6 Å². The standard InChI is InChI=1S/C20H31F2N3O2S/c1-25(2)12-8-11-23-18-16(21)13-15(14-17(18)22)28-24-19(26)20(27-3)9-6-4-5-7-10-20/h13-14,23H,4-12H2,1-3H3,(H,24,26). The Labute approximate surface area is 170 Å². The number of carbonyl (C=O) groups is 1. The molecular formula is C20H31F2N3O2S. The van der Waals surface area contributed by atoms with Gasteiger partial charge < -0.3 is 15.0 Å². The molecule has 0 radical (unpaired) electrons. The molecule has 1 saturated carbocycles. The minimum absolute atomic E-state index is 0.133. The molecule has 0 bridgehead atoms. The van der Waals surface area contributed by atoms with Crippen molar-refractivity contribution in [3.05, 3.63) is 23.8 Å². The Hall–Kier alpha value is -1.38. The van der Waals surface area contributed by atoms with Crippen molar-refractivity contribution in [1.82, 2.24) is 9.62 Å². The van der Waals surface area contributed by atoms with E-state index in [1.807, 2.05) is 19.0 Å². The first-order valence-corrected chi connectivity index (χ1v) is 10.6. The Balaban J connectivity index is 1.95. The van der Waals surface area contributed by atoms with Crippen molar-refractivity contribution < 1.29 is 18.3 Å². The van der Waals surface area contributed by atoms with Gasteiger partial charge in [0.1, 0.15) is 22.9 Å². The van der Waals surface area contributed by atoms with Crippen molar-refractivity contribution in [2.24, 2.45) is 0 Å². The molecule has 1 aromatic carbocycles. The Kier molecular flexibility index (Phi) is 8.98. The molecule has 0 unspecified atom stereocenters. The zero-order valence-electron chi connectivity index (χ0n) is 16.9. The number of rotatable bonds is 9. The van der Waals surface area contributed by atoms with Crippen molar-refractivity contribution in [3.8, 4) is 0 Å². The maximum atomic E-state index is 14.3. The molecule has 1 fully saturated rings. The number of methoxy groups -OCH3 is 1. The first kappa shape index (κ1) is 22.9. The van der Waals surface area contributed by atoms with Crippen LogP contribution in [-0.4, -0.2) is 50.7 Å². The lowest BCUT2D eigenvalue weighted by atomic mass is 9.93. The first-order valence-electron chi connectivity index (χ1n) is 9.78. The molecule has 0 atom stereocenters. The van der Waals surface area contributed by atoms with E-state index in [4.69, 9.17) is 4.74 Å². The van der Waals surface area contributed by atoms with Gasteiger partial charge in [0.2, 0.25) is 0 Å². The van der Waals surface area contributed by atoms with E-state index in [0.29, 0.717) is 24.3 Å². The lowest BCUT2D eigenvalue weighted by Gasteiger charge is -2.29. The van der Waals surface area contributed by atoms with Gasteiger partial charge in [-0.25, -0.2) is 8.78 Å². The molecule has 1 aromatic rings. The molecule has 0 aromatic heterocycles. The molecule has 28 heavy (non-hydrogen) atoms. The highest BCUT2D eigenvalue weighted by Gasteiger charge is 2.38. The third-order valence-corrected chi connectivity index (χ3v) is 5.84. The fourth-order valence-corrected chi connectivity index (χ4v) is 4.13. The maximum Gasteiger partial charge on any atom is 0.262 e. The summed E-state index contributed by atoms with van der Waals surface area (Å²) in [6, 6.07) is 2.46. The van der Waals surface area contributed by atoms with Gasteiger partial charge in [-0.2, -0.15) is 0 Å². The zero-order valence-corrected chi connectivity index (χ0v) is 17.8. The van der Waals surface area contributed by atoms with E-state index >= 15 is 0 Å². The maximum absolute atomic E-state index is 14.3. The fraction of sp³-hybridized carbons (Fsp3) is 0.650. The van der Waals surface area contributed by atoms with Crippen LogP contribution in [0.15, 0.2) is 17.0 Å². The van der Waals surface area contributed by atoms with Crippen LogP contribution in [0.2, 0.25) is 0 Å². The van der Waals surface area contributed by atoms with Crippen LogP contribution in [0.5, 0.6) is 0 Å². The number of hydrogen-bond acceptors (Lipinski definition) is 5. The summed E-state index contributed by atoms with van der Waals surface area (Å²) in [6.07, 6.45) is 6.14. The average Bonchev–Trinajstić information content (AvgIpc) is 2.91. The number of nitrogens with zero attached hydrogens (tertiary/aromatic N) is 1. The SMILES string of the molecule is COC1(C(=O)NSc2cc(F)c(NCCCN(C)C)c(F)c2)CCCCCC1. The van der Waals surface area contributed by atoms with Gasteiger partial charge in [0.15, 0.2) is 0 Å². The second kappa shape index (κ2) is 11.0. The van der Waals surface area contributed by atoms with Crippen LogP contribution < -0.4 is 10.0 Å². The summed E-state index contributed by atoms with van der Waals surface area (Å²) >= 11 is 0.918. The highest BCUT2D eigenvalue weighted by atomic mass is 32.2. The van der Waals surface area contributed by atoms with E-state index in [9.17, 15) is 13.6 Å². The van der Waals surface area contributed by atoms with Crippen molar-refractivity contribution in [2.75, 3.05) is 39.6 Å². The van der Waals surface area contributed by atoms with E-state index in [1.54, 1.807) is 7.11 Å². The summed E-state index contributed by atoms with van der Waals surface area (Å²) in [5.41, 5.74) is -0.985. The number of carbonyl (C=O) groups excluding carboxylic acids is 1. The minimum Gasteiger partial charge on any atom is -0.380 e. The average molecular weight is 416 g/mol. The molecule has 1 amide bonds. The highest BCUT2D eigenvalue weighted by Crippen LogP contribution is 2.32. The Bertz CT molecular complexity index is 627. The Morgan fingerprint density at radius 1 is 1.18 bits per heavy atom. The topological polar surface area (TPSA) is 53.6 Å². The van der Waals surface area contributed by atoms with Gasteiger partial charge in [-0.3, -0.25) is 9.52 Å². The number of benzene rings is 1. The second-order valence-electron chi connectivity index (χ2n) is 7.49. The largest absolute Gasteiger partial charge is 0.380 e. The number of hydrogen-bond donors (Lipinski definition) is 2. The molecule has 0 aliphatic heterocycles. The summed E-state index contributed by atoms with van der Waals surface area (Å²) < 4.78 is 36.9. The second-order valence-corrected chi connectivity index (χ2v) is 8.37. The summed E-state index contributed by atoms with van der Waals surface area (Å²) in [5, 5.41) is 2.81. The van der Waals surface area contributed by atoms with Crippen molar-refractivity contribution in [1.29, 1.82) is 0 Å². The van der Waals surface area contributed by atoms with Gasteiger partial charge in [-0.1, -0.05) is 25.7 Å². The first-order chi connectivity index (χ1) is 13.4. The molecule has 1 aliphatic rings. The quantitative estimate of drug-likeness (QED) is 0.360. The third kappa shape index (κ3) is 6.32. The third-order valence-electron chi connectivity index (χ3n) is 5.08. The van der Waals surface area contributed by atoms with Crippen LogP contribution >= 0.6 is 11.9 Å². The van der Waals surface area contributed by atoms with E-state index in [2.05, 4.69) is 10.0 Å². The van der Waals surface area contributed by atoms with Crippen LogP contribution in [0.25, 0.3) is 0 Å². The lowest BCUT2D eigenvalue weighted by molar-refractivity contribution is -0.143. The molecule has 1 aliphatic carbocycles. The molecule has 8 heteroatoms. The van der Waals surface area contributed by atoms with Crippen molar-refractivity contribution >= 4 is 23.5 Å². The fourth-order valence-electron chi connectivity index (χ4n) is 3.41. The van der Waals surface area contributed by atoms with Crippen LogP contribution in [0.4, 0.5) is 14.5 Å². The number of ether oxygens (including phenoxy) is 1. The minimum atomic E-state index is -0.853. The van der Waals surface area contributed by atoms with Gasteiger partial charge in [0, 0.05) is 18.6 Å². The van der Waals surface area contributed by atoms with Gasteiger partial charge in [-0.05, 0) is 64.0 Å². The molecule has 0 saturated heterocycles. The molecule has 2 N–H and O–H groups in total. The molecule has 0 heterocycles. The molecule has 158 valence electrons. The van der Waals surface area contributed by atoms with Gasteiger partial charge in [-0.15, -0.1) is 0 Å². The number of anilines is 1. The summed E-state index contributed by atoms with van der Waals surface area (Å²) in [5.74, 6) is -1.58. The van der Waals surface area contributed by atoms with E-state index in [1.165, 1.54) is 12.1 Å². The Morgan fingerprint density at radius 3 is 2.32 bits per heavy atom. The van der Waals surface area contributed by atoms with Crippen molar-refractivity contribution in [2.45, 2.75) is 55.4 Å². The monoisotopic (exact) mass is 415 g/mol. The van der Waals surface area contributed by atoms with Gasteiger partial charge >= 0.3 is 0 Å². The predicted molar refractivity (Wildman–Crippen MR) is 109 cm³/mol. The highest BCUT2D eigenvalue weighted by molar-refractivity contribution is 7.98. The van der Waals surface area contributed by atoms with Gasteiger partial charge in [0.05, 0.1) is 0 Å². The zero-order chi connectivity index (χ0) is 20.6. The summed E-state index contributed by atoms with van der Waals surface area (Å²) in [7, 11) is 5.44. The van der Waals surface area contributed by atoms with E-state index in [0.717, 1.165) is 50.6 Å². The summed E-state index contributed by atoms with van der Waals surface area (Å²) in [4.78, 5) is 15.0.